The summed E-state index contributed by atoms with van der Waals surface area (Å²) in [4.78, 5) is 38.9. The van der Waals surface area contributed by atoms with Gasteiger partial charge in [-0.1, -0.05) is 174 Å². The zero-order valence-corrected chi connectivity index (χ0v) is 60.3. The number of ketones is 1. The molecule has 0 bridgehead atoms. The molecule has 5 heterocycles. The minimum Gasteiger partial charge on any atom is -0.484 e. The Morgan fingerprint density at radius 3 is 2.26 bits per heavy atom. The van der Waals surface area contributed by atoms with E-state index in [4.69, 9.17) is 36.8 Å². The van der Waals surface area contributed by atoms with E-state index in [9.17, 15) is 9.18 Å². The Balaban J connectivity index is 0.000000256. The molecule has 1 aromatic heterocycles. The zero-order chi connectivity index (χ0) is 68.0. The van der Waals surface area contributed by atoms with E-state index in [-0.39, 0.29) is 24.1 Å². The largest absolute Gasteiger partial charge is 0.484 e. The Labute approximate surface area is 563 Å². The van der Waals surface area contributed by atoms with E-state index >= 15 is 0 Å². The van der Waals surface area contributed by atoms with E-state index < -0.39 is 0 Å². The number of terminal acetylenes is 1. The number of piperidine rings is 1. The summed E-state index contributed by atoms with van der Waals surface area (Å²) in [7, 11) is 1.65. The lowest BCUT2D eigenvalue weighted by atomic mass is 9.84. The molecule has 3 fully saturated rings. The third kappa shape index (κ3) is 21.9. The first kappa shape index (κ1) is 77.5. The number of nitrogens with one attached hydrogen (secondary N) is 1. The van der Waals surface area contributed by atoms with Gasteiger partial charge >= 0.3 is 0 Å². The van der Waals surface area contributed by atoms with Gasteiger partial charge in [0, 0.05) is 67.5 Å². The molecule has 93 heavy (non-hydrogen) atoms. The fraction of sp³-hybridized carbons (Fsp3) is 0.630. The van der Waals surface area contributed by atoms with Crippen molar-refractivity contribution in [2.75, 3.05) is 37.0 Å². The summed E-state index contributed by atoms with van der Waals surface area (Å²) in [6, 6.07) is 14.6. The number of allylic oxidation sites excluding steroid dienone is 3. The van der Waals surface area contributed by atoms with Gasteiger partial charge in [-0.25, -0.2) is 4.39 Å². The number of unbranched alkanes of at least 4 members (excludes halogenated alkanes) is 3. The number of halogens is 1. The molecule has 0 saturated carbocycles. The van der Waals surface area contributed by atoms with Gasteiger partial charge in [0.2, 0.25) is 0 Å². The van der Waals surface area contributed by atoms with Crippen LogP contribution in [0.2, 0.25) is 0 Å². The molecule has 7 atom stereocenters. The van der Waals surface area contributed by atoms with Gasteiger partial charge in [-0.05, 0) is 188 Å². The topological polar surface area (TPSA) is 137 Å². The fourth-order valence-corrected chi connectivity index (χ4v) is 15.3. The Morgan fingerprint density at radius 2 is 1.61 bits per heavy atom. The summed E-state index contributed by atoms with van der Waals surface area (Å²) in [6.07, 6.45) is 43.0. The maximum absolute atomic E-state index is 14.8. The first-order chi connectivity index (χ1) is 45.0. The number of methoxy groups -OCH3 is 1. The van der Waals surface area contributed by atoms with Gasteiger partial charge in [0.05, 0.1) is 35.8 Å². The number of benzene rings is 2. The Kier molecular flexibility index (Phi) is 34.1. The van der Waals surface area contributed by atoms with Crippen molar-refractivity contribution in [2.24, 2.45) is 28.5 Å². The number of aromatic nitrogens is 1. The van der Waals surface area contributed by atoms with Crippen LogP contribution in [-0.4, -0.2) is 82.9 Å². The first-order valence-electron chi connectivity index (χ1n) is 36.6. The third-order valence-electron chi connectivity index (χ3n) is 20.8. The molecule has 4 N–H and O–H groups in total. The number of aryl methyl sites for hydroxylation is 1. The molecule has 514 valence electrons. The first-order valence-corrected chi connectivity index (χ1v) is 36.6. The van der Waals surface area contributed by atoms with E-state index in [0.29, 0.717) is 42.6 Å². The number of aliphatic imine (C=N–C) groups is 1. The molecule has 8 rings (SSSR count). The van der Waals surface area contributed by atoms with Crippen LogP contribution in [0.3, 0.4) is 0 Å². The molecule has 4 aliphatic heterocycles. The standard InChI is InChI=1S/C32H38FN3O.C28H45N3O.C20H39N.CH2O2/c1-8-21(4)29-22(5)31(26-14-10-13-24-15-16-28(33)25(9-2)30(24)26)34-18-27(29)32(35-23(6)37-7)36-17-11-12-20(3)19-36;1-6-9-10-11-14-23(12-7-2)24-16-17-25-27(19-24)31(22(5)30-25)26(28(32)13-8-3)18-15-21(4)20-29;1-4-8-17(5-2)10-11-18(6-3)12-13-20-15-14-19-9-7-16-21(19)20;2-1-3/h2,10,13-14,18,20H,8,11-12,15-17,19H2,1,3-7H3;16-17,19-20,23,26,30H,5-15,18,29H2,1-4H3;17-20H,4-16H2,1-3H3;1H,(H,2,3)/b29-21?,32-27+,35-23+;;;. The van der Waals surface area contributed by atoms with E-state index in [2.05, 4.69) is 120 Å². The van der Waals surface area contributed by atoms with Gasteiger partial charge in [-0.15, -0.1) is 6.42 Å². The molecular weight excluding hydrogens is 1150 g/mol. The number of anilines is 2. The van der Waals surface area contributed by atoms with Crippen LogP contribution in [0.1, 0.15) is 278 Å². The second-order valence-corrected chi connectivity index (χ2v) is 27.5. The monoisotopic (exact) mass is 1280 g/mol. The molecular formula is C81H124FN7O4. The molecule has 5 aliphatic rings. The molecule has 12 heteroatoms. The number of nitrogens with two attached hydrogens (primary N) is 1. The third-order valence-corrected chi connectivity index (χ3v) is 20.8. The minimum atomic E-state index is -0.250. The smallest absolute Gasteiger partial charge is 0.290 e. The van der Waals surface area contributed by atoms with E-state index in [1.165, 1.54) is 146 Å². The summed E-state index contributed by atoms with van der Waals surface area (Å²) in [5, 5.41) is 12.5. The number of nitrogens with zero attached hydrogens (tertiary/aromatic N) is 5. The number of carbonyl (C=O) groups excluding carboxylic acids is 1. The average molecular weight is 1280 g/mol. The van der Waals surface area contributed by atoms with Crippen LogP contribution in [0, 0.1) is 37.0 Å². The average Bonchev–Trinajstić information content (AvgIpc) is 1.23. The summed E-state index contributed by atoms with van der Waals surface area (Å²) in [6.45, 7) is 33.7. The van der Waals surface area contributed by atoms with Crippen molar-refractivity contribution in [2.45, 2.75) is 287 Å². The van der Waals surface area contributed by atoms with Gasteiger partial charge in [-0.2, -0.15) is 4.99 Å². The highest BCUT2D eigenvalue weighted by Crippen LogP contribution is 2.43. The summed E-state index contributed by atoms with van der Waals surface area (Å²) >= 11 is 0. The molecule has 1 aliphatic carbocycles. The van der Waals surface area contributed by atoms with Crippen LogP contribution in [0.15, 0.2) is 77.6 Å². The summed E-state index contributed by atoms with van der Waals surface area (Å²) < 4.78 is 20.3. The number of fused-ring (bicyclic) bond motifs is 3. The van der Waals surface area contributed by atoms with Crippen LogP contribution in [0.5, 0.6) is 0 Å². The lowest BCUT2D eigenvalue weighted by molar-refractivity contribution is -0.123. The molecule has 3 saturated heterocycles. The number of Topliss-reactive ketones (excluding diaryl/α,β-unsaturated/α-hetero) is 1. The van der Waals surface area contributed by atoms with Crippen molar-refractivity contribution in [3.63, 3.8) is 0 Å². The Hall–Kier alpha value is -6.19. The molecule has 0 amide bonds. The second-order valence-electron chi connectivity index (χ2n) is 27.5. The highest BCUT2D eigenvalue weighted by molar-refractivity contribution is 5.93. The van der Waals surface area contributed by atoms with Crippen molar-refractivity contribution in [1.29, 1.82) is 0 Å². The summed E-state index contributed by atoms with van der Waals surface area (Å²) in [5.41, 5.74) is 16.6. The lowest BCUT2D eigenvalue weighted by Crippen LogP contribution is -2.41. The van der Waals surface area contributed by atoms with Crippen LogP contribution >= 0.6 is 0 Å². The quantitative estimate of drug-likeness (QED) is 0.0203. The van der Waals surface area contributed by atoms with Crippen LogP contribution in [0.25, 0.3) is 28.2 Å². The van der Waals surface area contributed by atoms with Crippen molar-refractivity contribution in [1.82, 2.24) is 14.8 Å². The molecule has 0 spiro atoms. The number of ether oxygens (including phenoxy) is 1. The van der Waals surface area contributed by atoms with E-state index in [1.54, 1.807) is 13.3 Å². The maximum atomic E-state index is 14.8. The second kappa shape index (κ2) is 40.9. The van der Waals surface area contributed by atoms with Crippen LogP contribution in [0.4, 0.5) is 15.8 Å². The predicted octanol–water partition coefficient (Wildman–Crippen LogP) is 19.1. The normalized spacial score (nSPS) is 19.8. The van der Waals surface area contributed by atoms with E-state index in [1.807, 2.05) is 38.2 Å². The number of carbonyl (C=O) groups is 2. The number of hydrogen-bond acceptors (Lipinski definition) is 10. The molecule has 2 aromatic carbocycles. The molecule has 11 nitrogen and oxygen atoms in total. The summed E-state index contributed by atoms with van der Waals surface area (Å²) in [5.74, 6) is 8.17. The molecule has 7 unspecified atom stereocenters. The van der Waals surface area contributed by atoms with Gasteiger partial charge in [0.25, 0.3) is 6.47 Å². The van der Waals surface area contributed by atoms with Crippen molar-refractivity contribution in [3.05, 3.63) is 105 Å². The fourth-order valence-electron chi connectivity index (χ4n) is 15.3. The van der Waals surface area contributed by atoms with Crippen LogP contribution in [-0.2, 0) is 20.7 Å². The lowest BCUT2D eigenvalue weighted by Gasteiger charge is -2.33. The van der Waals surface area contributed by atoms with E-state index in [0.717, 1.165) is 136 Å². The van der Waals surface area contributed by atoms with Gasteiger partial charge in [-0.3, -0.25) is 19.5 Å². The van der Waals surface area contributed by atoms with Gasteiger partial charge < -0.3 is 30.7 Å². The highest BCUT2D eigenvalue weighted by atomic mass is 19.1. The van der Waals surface area contributed by atoms with Crippen molar-refractivity contribution >= 4 is 46.5 Å². The Bertz CT molecular complexity index is 3120. The number of rotatable bonds is 29. The van der Waals surface area contributed by atoms with Gasteiger partial charge in [0.15, 0.2) is 11.7 Å². The molecule has 3 aromatic rings. The molecule has 0 radical (unpaired) electrons. The number of hydrogen-bond donors (Lipinski definition) is 3. The predicted molar refractivity (Wildman–Crippen MR) is 393 cm³/mol. The number of likely N-dealkylation sites (tertiary alicyclic amines) is 1. The SMILES string of the molecule is C#CC1=C(F)CCc2cccc(-c3nc/c(=C(/N=C(\C)OC)N4CCCC(C)C4)c(=C(C)CC)c3C)c21.C=C1Nc2ccc(C(CCC)CCCCCC)cc2N1C(CCC(C)=CN)C(=O)CCC.CCCC(CC)CCC(CC)CCC1CCC2CCCN21.O=CO. The number of carboxylic acid groups (broad SMARTS) is 1. The van der Waals surface area contributed by atoms with Crippen LogP contribution < -0.4 is 26.4 Å². The zero-order valence-electron chi connectivity index (χ0n) is 60.3. The maximum Gasteiger partial charge on any atom is 0.290 e. The Morgan fingerprint density at radius 1 is 0.892 bits per heavy atom. The van der Waals surface area contributed by atoms with Crippen molar-refractivity contribution in [3.8, 4) is 23.6 Å². The van der Waals surface area contributed by atoms with Crippen molar-refractivity contribution < 1.29 is 23.8 Å². The highest BCUT2D eigenvalue weighted by Gasteiger charge is 2.37. The number of pyridine rings is 1. The minimum absolute atomic E-state index is 0.212. The van der Waals surface area contributed by atoms with Gasteiger partial charge in [0.1, 0.15) is 17.5 Å².